The van der Waals surface area contributed by atoms with Gasteiger partial charge in [0.2, 0.25) is 0 Å². The summed E-state index contributed by atoms with van der Waals surface area (Å²) in [6.45, 7) is 3.71. The number of hydrogen-bond donors (Lipinski definition) is 2. The first kappa shape index (κ1) is 17.9. The number of guanidine groups is 1. The fourth-order valence-electron chi connectivity index (χ4n) is 2.04. The van der Waals surface area contributed by atoms with Crippen molar-refractivity contribution in [3.05, 3.63) is 41.0 Å². The Morgan fingerprint density at radius 2 is 1.91 bits per heavy atom. The number of amides is 1. The lowest BCUT2D eigenvalue weighted by Gasteiger charge is -2.11. The van der Waals surface area contributed by atoms with E-state index in [1.165, 1.54) is 6.07 Å². The zero-order valence-electron chi connectivity index (χ0n) is 13.0. The number of carbonyl (C=O) groups excluding carboxylic acids is 1. The fraction of sp³-hybridized carbons (Fsp3) is 0.333. The molecule has 0 unspecified atom stereocenters. The second kappa shape index (κ2) is 7.22. The topological polar surface area (TPSA) is 116 Å². The summed E-state index contributed by atoms with van der Waals surface area (Å²) in [7, 11) is -3.47. The zero-order chi connectivity index (χ0) is 16.9. The molecule has 0 bridgehead atoms. The predicted molar refractivity (Wildman–Crippen MR) is 87.6 cm³/mol. The largest absolute Gasteiger partial charge is 0.370 e. The molecular formula is C15H21N3O3S. The van der Waals surface area contributed by atoms with Gasteiger partial charge in [0.25, 0.3) is 5.91 Å². The van der Waals surface area contributed by atoms with E-state index in [9.17, 15) is 13.2 Å². The van der Waals surface area contributed by atoms with E-state index in [0.29, 0.717) is 17.5 Å². The van der Waals surface area contributed by atoms with Gasteiger partial charge in [0.05, 0.1) is 4.90 Å². The molecular weight excluding hydrogens is 302 g/mol. The first-order valence-corrected chi connectivity index (χ1v) is 8.68. The summed E-state index contributed by atoms with van der Waals surface area (Å²) in [6, 6.07) is 3.03. The number of aliphatic imine (C=N–C) groups is 1. The van der Waals surface area contributed by atoms with E-state index in [4.69, 9.17) is 11.5 Å². The maximum Gasteiger partial charge on any atom is 0.280 e. The lowest BCUT2D eigenvalue weighted by atomic mass is 10.0. The van der Waals surface area contributed by atoms with E-state index in [0.717, 1.165) is 12.7 Å². The summed E-state index contributed by atoms with van der Waals surface area (Å²) in [5.74, 6) is -1.02. The van der Waals surface area contributed by atoms with Crippen LogP contribution in [0.1, 0.15) is 34.8 Å². The predicted octanol–water partition coefficient (Wildman–Crippen LogP) is 1.32. The van der Waals surface area contributed by atoms with Crippen molar-refractivity contribution in [2.24, 2.45) is 16.5 Å². The molecule has 6 nitrogen and oxygen atoms in total. The van der Waals surface area contributed by atoms with E-state index in [1.54, 1.807) is 13.0 Å². The smallest absolute Gasteiger partial charge is 0.280 e. The first-order chi connectivity index (χ1) is 10.2. The highest BCUT2D eigenvalue weighted by molar-refractivity contribution is 7.90. The third kappa shape index (κ3) is 4.70. The molecule has 1 rings (SSSR count). The minimum absolute atomic E-state index is 0.119. The van der Waals surface area contributed by atoms with Gasteiger partial charge in [-0.15, -0.1) is 0 Å². The van der Waals surface area contributed by atoms with Gasteiger partial charge in [-0.25, -0.2) is 8.42 Å². The number of nitrogens with zero attached hydrogens (tertiary/aromatic N) is 1. The molecule has 0 atom stereocenters. The average Bonchev–Trinajstić information content (AvgIpc) is 2.36. The van der Waals surface area contributed by atoms with Crippen molar-refractivity contribution in [1.29, 1.82) is 0 Å². The normalized spacial score (nSPS) is 11.6. The van der Waals surface area contributed by atoms with Crippen LogP contribution in [0.4, 0.5) is 0 Å². The van der Waals surface area contributed by atoms with Crippen LogP contribution in [0.3, 0.4) is 0 Å². The van der Waals surface area contributed by atoms with Crippen LogP contribution >= 0.6 is 0 Å². The number of benzene rings is 1. The molecule has 0 fully saturated rings. The Bertz CT molecular complexity index is 731. The Morgan fingerprint density at radius 1 is 1.27 bits per heavy atom. The Balaban J connectivity index is 3.45. The second-order valence-corrected chi connectivity index (χ2v) is 6.96. The van der Waals surface area contributed by atoms with Gasteiger partial charge >= 0.3 is 0 Å². The summed E-state index contributed by atoms with van der Waals surface area (Å²) < 4.78 is 23.9. The van der Waals surface area contributed by atoms with Gasteiger partial charge in [0.15, 0.2) is 15.8 Å². The third-order valence-electron chi connectivity index (χ3n) is 3.01. The molecule has 0 saturated heterocycles. The van der Waals surface area contributed by atoms with Crippen LogP contribution in [0.25, 0.3) is 0 Å². The van der Waals surface area contributed by atoms with E-state index < -0.39 is 15.7 Å². The molecule has 0 spiro atoms. The SMILES string of the molecule is CCC=CCc1cc(C)c(C(=O)N=C(N)N)cc1S(C)(=O)=O. The van der Waals surface area contributed by atoms with Gasteiger partial charge < -0.3 is 11.5 Å². The van der Waals surface area contributed by atoms with Gasteiger partial charge in [0, 0.05) is 11.8 Å². The quantitative estimate of drug-likeness (QED) is 0.481. The monoisotopic (exact) mass is 323 g/mol. The molecule has 4 N–H and O–H groups in total. The lowest BCUT2D eigenvalue weighted by Crippen LogP contribution is -2.24. The maximum absolute atomic E-state index is 12.0. The van der Waals surface area contributed by atoms with Crippen molar-refractivity contribution >= 4 is 21.7 Å². The van der Waals surface area contributed by atoms with Crippen molar-refractivity contribution in [3.8, 4) is 0 Å². The molecule has 0 heterocycles. The average molecular weight is 323 g/mol. The van der Waals surface area contributed by atoms with Crippen molar-refractivity contribution in [3.63, 3.8) is 0 Å². The molecule has 0 aliphatic heterocycles. The number of nitrogens with two attached hydrogens (primary N) is 2. The standard InChI is InChI=1S/C15H21N3O3S/c1-4-5-6-7-11-8-10(2)12(14(19)18-15(16)17)9-13(11)22(3,20)21/h5-6,8-9H,4,7H2,1-3H3,(H4,16,17,18,19). The van der Waals surface area contributed by atoms with Crippen LogP contribution in [0.2, 0.25) is 0 Å². The molecule has 22 heavy (non-hydrogen) atoms. The van der Waals surface area contributed by atoms with E-state index in [2.05, 4.69) is 4.99 Å². The minimum atomic E-state index is -3.47. The van der Waals surface area contributed by atoms with Crippen molar-refractivity contribution in [1.82, 2.24) is 0 Å². The summed E-state index contributed by atoms with van der Waals surface area (Å²) in [4.78, 5) is 15.6. The molecule has 1 aromatic rings. The van der Waals surface area contributed by atoms with Gasteiger partial charge in [-0.1, -0.05) is 25.1 Å². The van der Waals surface area contributed by atoms with Gasteiger partial charge in [-0.2, -0.15) is 4.99 Å². The zero-order valence-corrected chi connectivity index (χ0v) is 13.8. The van der Waals surface area contributed by atoms with Crippen LogP contribution in [0.15, 0.2) is 34.2 Å². The molecule has 1 amide bonds. The van der Waals surface area contributed by atoms with Crippen LogP contribution in [0.5, 0.6) is 0 Å². The lowest BCUT2D eigenvalue weighted by molar-refractivity contribution is 0.100. The van der Waals surface area contributed by atoms with Gasteiger partial charge in [0.1, 0.15) is 0 Å². The molecule has 0 aliphatic rings. The Labute approximate surface area is 130 Å². The van der Waals surface area contributed by atoms with Crippen molar-refractivity contribution in [2.45, 2.75) is 31.6 Å². The number of rotatable bonds is 5. The number of aryl methyl sites for hydroxylation is 1. The Morgan fingerprint density at radius 3 is 2.41 bits per heavy atom. The highest BCUT2D eigenvalue weighted by Gasteiger charge is 2.18. The van der Waals surface area contributed by atoms with E-state index >= 15 is 0 Å². The first-order valence-electron chi connectivity index (χ1n) is 6.79. The molecule has 120 valence electrons. The molecule has 0 saturated carbocycles. The number of allylic oxidation sites excluding steroid dienone is 2. The van der Waals surface area contributed by atoms with Crippen LogP contribution in [-0.4, -0.2) is 26.5 Å². The molecule has 0 aliphatic carbocycles. The second-order valence-electron chi connectivity index (χ2n) is 4.97. The summed E-state index contributed by atoms with van der Waals surface area (Å²) in [5, 5.41) is 0. The molecule has 7 heteroatoms. The van der Waals surface area contributed by atoms with E-state index in [1.807, 2.05) is 19.1 Å². The summed E-state index contributed by atoms with van der Waals surface area (Å²) >= 11 is 0. The summed E-state index contributed by atoms with van der Waals surface area (Å²) in [5.41, 5.74) is 11.8. The molecule has 1 aromatic carbocycles. The van der Waals surface area contributed by atoms with Crippen LogP contribution in [0, 0.1) is 6.92 Å². The van der Waals surface area contributed by atoms with Gasteiger partial charge in [-0.05, 0) is 37.0 Å². The van der Waals surface area contributed by atoms with Crippen LogP contribution in [-0.2, 0) is 16.3 Å². The highest BCUT2D eigenvalue weighted by atomic mass is 32.2. The maximum atomic E-state index is 12.0. The number of sulfone groups is 1. The summed E-state index contributed by atoms with van der Waals surface area (Å²) in [6.07, 6.45) is 6.32. The van der Waals surface area contributed by atoms with Gasteiger partial charge in [-0.3, -0.25) is 4.79 Å². The number of carbonyl (C=O) groups is 1. The third-order valence-corrected chi connectivity index (χ3v) is 4.19. The number of hydrogen-bond acceptors (Lipinski definition) is 3. The fourth-order valence-corrected chi connectivity index (χ4v) is 2.99. The Hall–Kier alpha value is -2.15. The van der Waals surface area contributed by atoms with E-state index in [-0.39, 0.29) is 16.4 Å². The molecule has 0 radical (unpaired) electrons. The minimum Gasteiger partial charge on any atom is -0.370 e. The van der Waals surface area contributed by atoms with Crippen molar-refractivity contribution in [2.75, 3.05) is 6.26 Å². The van der Waals surface area contributed by atoms with Crippen LogP contribution < -0.4 is 11.5 Å². The van der Waals surface area contributed by atoms with Crippen molar-refractivity contribution < 1.29 is 13.2 Å². The Kier molecular flexibility index (Phi) is 5.87. The molecule has 0 aromatic heterocycles. The highest BCUT2D eigenvalue weighted by Crippen LogP contribution is 2.23.